The molecule has 3 N–H and O–H groups in total. The summed E-state index contributed by atoms with van der Waals surface area (Å²) in [6.45, 7) is 0. The number of benzene rings is 4. The minimum atomic E-state index is -0.505. The van der Waals surface area contributed by atoms with Crippen molar-refractivity contribution in [3.63, 3.8) is 0 Å². The highest BCUT2D eigenvalue weighted by molar-refractivity contribution is 5.58. The molecule has 1 unspecified atom stereocenters. The van der Waals surface area contributed by atoms with Crippen molar-refractivity contribution in [2.24, 2.45) is 0 Å². The Hall–Kier alpha value is -4.11. The van der Waals surface area contributed by atoms with E-state index in [0.717, 1.165) is 16.9 Å². The predicted molar refractivity (Wildman–Crippen MR) is 130 cm³/mol. The maximum Gasteiger partial charge on any atom is 0.0923 e. The number of anilines is 1. The molecule has 156 valence electrons. The molecule has 3 nitrogen and oxygen atoms in total. The van der Waals surface area contributed by atoms with Crippen LogP contribution in [0, 0.1) is 0 Å². The molecule has 1 aromatic heterocycles. The highest BCUT2D eigenvalue weighted by Crippen LogP contribution is 2.52. The predicted octanol–water partition coefficient (Wildman–Crippen LogP) is 6.16. The van der Waals surface area contributed by atoms with Gasteiger partial charge in [0.2, 0.25) is 0 Å². The Kier molecular flexibility index (Phi) is 5.30. The molecule has 0 amide bonds. The van der Waals surface area contributed by atoms with Crippen LogP contribution in [0.1, 0.15) is 33.9 Å². The Morgan fingerprint density at radius 2 is 1.09 bits per heavy atom. The van der Waals surface area contributed by atoms with E-state index in [1.807, 2.05) is 18.3 Å². The standard InChI is InChI=1S/C29H25N3/c30-26-18-16-22(17-19-26)28(27-20-31-21-32-27)29(23-10-4-1-5-11-23,24-12-6-2-7-13-24)25-14-8-3-9-15-25/h1-21,28H,30H2,(H,31,32). The summed E-state index contributed by atoms with van der Waals surface area (Å²) in [7, 11) is 0. The average molecular weight is 416 g/mol. The van der Waals surface area contributed by atoms with Crippen molar-refractivity contribution in [1.29, 1.82) is 0 Å². The monoisotopic (exact) mass is 415 g/mol. The zero-order valence-corrected chi connectivity index (χ0v) is 17.7. The molecule has 0 aliphatic carbocycles. The van der Waals surface area contributed by atoms with Gasteiger partial charge < -0.3 is 10.7 Å². The van der Waals surface area contributed by atoms with Crippen LogP contribution in [0.5, 0.6) is 0 Å². The van der Waals surface area contributed by atoms with Gasteiger partial charge in [-0.05, 0) is 34.4 Å². The lowest BCUT2D eigenvalue weighted by Gasteiger charge is -2.42. The van der Waals surface area contributed by atoms with Gasteiger partial charge in [0.05, 0.1) is 17.4 Å². The molecule has 0 radical (unpaired) electrons. The van der Waals surface area contributed by atoms with Gasteiger partial charge >= 0.3 is 0 Å². The lowest BCUT2D eigenvalue weighted by atomic mass is 9.59. The molecule has 0 bridgehead atoms. The molecule has 32 heavy (non-hydrogen) atoms. The highest BCUT2D eigenvalue weighted by atomic mass is 14.9. The number of rotatable bonds is 6. The van der Waals surface area contributed by atoms with Crippen molar-refractivity contribution in [2.75, 3.05) is 5.73 Å². The summed E-state index contributed by atoms with van der Waals surface area (Å²) in [5.41, 5.74) is 12.1. The zero-order chi connectivity index (χ0) is 21.8. The third-order valence-corrected chi connectivity index (χ3v) is 6.21. The first-order valence-corrected chi connectivity index (χ1v) is 10.8. The fraction of sp³-hybridized carbons (Fsp3) is 0.0690. The zero-order valence-electron chi connectivity index (χ0n) is 17.7. The molecule has 5 rings (SSSR count). The number of hydrogen-bond acceptors (Lipinski definition) is 2. The minimum Gasteiger partial charge on any atom is -0.399 e. The van der Waals surface area contributed by atoms with E-state index in [4.69, 9.17) is 10.7 Å². The van der Waals surface area contributed by atoms with Gasteiger partial charge in [-0.3, -0.25) is 0 Å². The molecule has 3 heteroatoms. The van der Waals surface area contributed by atoms with Crippen molar-refractivity contribution >= 4 is 5.69 Å². The van der Waals surface area contributed by atoms with Crippen LogP contribution in [0.15, 0.2) is 128 Å². The molecule has 0 fully saturated rings. The second-order valence-electron chi connectivity index (χ2n) is 8.00. The number of nitrogens with zero attached hydrogens (tertiary/aromatic N) is 1. The summed E-state index contributed by atoms with van der Waals surface area (Å²) in [6, 6.07) is 40.4. The molecule has 5 aromatic rings. The quantitative estimate of drug-likeness (QED) is 0.258. The Balaban J connectivity index is 1.93. The summed E-state index contributed by atoms with van der Waals surface area (Å²) in [5.74, 6) is -0.0819. The number of nitrogen functional groups attached to an aromatic ring is 1. The summed E-state index contributed by atoms with van der Waals surface area (Å²) in [6.07, 6.45) is 3.76. The van der Waals surface area contributed by atoms with E-state index in [-0.39, 0.29) is 5.92 Å². The number of aromatic nitrogens is 2. The first kappa shape index (κ1) is 19.8. The molecule has 0 aliphatic rings. The maximum atomic E-state index is 6.07. The van der Waals surface area contributed by atoms with Gasteiger partial charge in [0.1, 0.15) is 0 Å². The number of nitrogens with one attached hydrogen (secondary N) is 1. The second-order valence-corrected chi connectivity index (χ2v) is 8.00. The van der Waals surface area contributed by atoms with Gasteiger partial charge in [0, 0.05) is 17.8 Å². The third-order valence-electron chi connectivity index (χ3n) is 6.21. The molecule has 1 atom stereocenters. The SMILES string of the molecule is Nc1ccc(C(c2c[nH]cn2)C(c2ccccc2)(c2ccccc2)c2ccccc2)cc1. The maximum absolute atomic E-state index is 6.07. The van der Waals surface area contributed by atoms with Crippen LogP contribution in [0.4, 0.5) is 5.69 Å². The molecule has 0 spiro atoms. The Morgan fingerprint density at radius 1 is 0.625 bits per heavy atom. The first-order valence-electron chi connectivity index (χ1n) is 10.8. The van der Waals surface area contributed by atoms with Crippen LogP contribution in [0.2, 0.25) is 0 Å². The Bertz CT molecular complexity index is 1150. The molecule has 1 heterocycles. The van der Waals surface area contributed by atoms with Crippen molar-refractivity contribution in [1.82, 2.24) is 9.97 Å². The smallest absolute Gasteiger partial charge is 0.0923 e. The molecular formula is C29H25N3. The Labute approximate surface area is 188 Å². The van der Waals surface area contributed by atoms with E-state index in [2.05, 4.69) is 108 Å². The van der Waals surface area contributed by atoms with Gasteiger partial charge in [-0.2, -0.15) is 0 Å². The fourth-order valence-corrected chi connectivity index (χ4v) is 4.86. The minimum absolute atomic E-state index is 0.0819. The van der Waals surface area contributed by atoms with Crippen LogP contribution >= 0.6 is 0 Å². The third kappa shape index (κ3) is 3.38. The summed E-state index contributed by atoms with van der Waals surface area (Å²) < 4.78 is 0. The molecule has 0 saturated heterocycles. The van der Waals surface area contributed by atoms with Gasteiger partial charge in [-0.25, -0.2) is 4.98 Å². The fourth-order valence-electron chi connectivity index (χ4n) is 4.86. The van der Waals surface area contributed by atoms with Crippen LogP contribution < -0.4 is 5.73 Å². The number of nitrogens with two attached hydrogens (primary N) is 1. The second kappa shape index (κ2) is 8.56. The molecule has 0 saturated carbocycles. The number of imidazole rings is 1. The van der Waals surface area contributed by atoms with Gasteiger partial charge in [-0.1, -0.05) is 103 Å². The lowest BCUT2D eigenvalue weighted by molar-refractivity contribution is 0.529. The van der Waals surface area contributed by atoms with Crippen molar-refractivity contribution in [3.05, 3.63) is 156 Å². The van der Waals surface area contributed by atoms with Crippen LogP contribution in [0.3, 0.4) is 0 Å². The van der Waals surface area contributed by atoms with Gasteiger partial charge in [0.25, 0.3) is 0 Å². The summed E-state index contributed by atoms with van der Waals surface area (Å²) in [5, 5.41) is 0. The van der Waals surface area contributed by atoms with Crippen LogP contribution in [0.25, 0.3) is 0 Å². The topological polar surface area (TPSA) is 54.7 Å². The van der Waals surface area contributed by atoms with Crippen molar-refractivity contribution < 1.29 is 0 Å². The molecule has 4 aromatic carbocycles. The van der Waals surface area contributed by atoms with E-state index in [1.165, 1.54) is 16.7 Å². The van der Waals surface area contributed by atoms with Crippen molar-refractivity contribution in [2.45, 2.75) is 11.3 Å². The van der Waals surface area contributed by atoms with E-state index in [9.17, 15) is 0 Å². The normalized spacial score (nSPS) is 12.4. The molecule has 0 aliphatic heterocycles. The van der Waals surface area contributed by atoms with Gasteiger partial charge in [0.15, 0.2) is 0 Å². The Morgan fingerprint density at radius 3 is 1.50 bits per heavy atom. The first-order chi connectivity index (χ1) is 15.8. The highest BCUT2D eigenvalue weighted by Gasteiger charge is 2.46. The van der Waals surface area contributed by atoms with E-state index < -0.39 is 5.41 Å². The summed E-state index contributed by atoms with van der Waals surface area (Å²) >= 11 is 0. The van der Waals surface area contributed by atoms with E-state index in [0.29, 0.717) is 0 Å². The lowest BCUT2D eigenvalue weighted by Crippen LogP contribution is -2.37. The van der Waals surface area contributed by atoms with Crippen LogP contribution in [-0.4, -0.2) is 9.97 Å². The van der Waals surface area contributed by atoms with Crippen molar-refractivity contribution in [3.8, 4) is 0 Å². The largest absolute Gasteiger partial charge is 0.399 e. The number of H-pyrrole nitrogens is 1. The molecular weight excluding hydrogens is 390 g/mol. The van der Waals surface area contributed by atoms with E-state index >= 15 is 0 Å². The van der Waals surface area contributed by atoms with Crippen LogP contribution in [-0.2, 0) is 5.41 Å². The number of hydrogen-bond donors (Lipinski definition) is 2. The summed E-state index contributed by atoms with van der Waals surface area (Å²) in [4.78, 5) is 7.95. The van der Waals surface area contributed by atoms with E-state index in [1.54, 1.807) is 6.33 Å². The average Bonchev–Trinajstić information content (AvgIpc) is 3.39. The van der Waals surface area contributed by atoms with Gasteiger partial charge in [-0.15, -0.1) is 0 Å². The number of aromatic amines is 1.